The first-order valence-electron chi connectivity index (χ1n) is 8.60. The second-order valence-electron chi connectivity index (χ2n) is 7.15. The fourth-order valence-corrected chi connectivity index (χ4v) is 2.68. The highest BCUT2D eigenvalue weighted by Gasteiger charge is 2.22. The second-order valence-corrected chi connectivity index (χ2v) is 7.15. The van der Waals surface area contributed by atoms with E-state index in [0.717, 1.165) is 29.7 Å². The largest absolute Gasteiger partial charge is 0.396 e. The number of para-hydroxylation sites is 1. The van der Waals surface area contributed by atoms with Crippen molar-refractivity contribution in [2.75, 3.05) is 25.0 Å². The van der Waals surface area contributed by atoms with E-state index in [0.29, 0.717) is 19.5 Å². The Hall–Kier alpha value is -1.55. The van der Waals surface area contributed by atoms with Crippen LogP contribution in [0.5, 0.6) is 0 Å². The van der Waals surface area contributed by atoms with Crippen molar-refractivity contribution in [1.29, 1.82) is 0 Å². The Kier molecular flexibility index (Phi) is 7.56. The summed E-state index contributed by atoms with van der Waals surface area (Å²) < 4.78 is 0. The van der Waals surface area contributed by atoms with Crippen molar-refractivity contribution < 1.29 is 9.90 Å². The van der Waals surface area contributed by atoms with Gasteiger partial charge in [0.15, 0.2) is 0 Å². The number of aliphatic hydroxyl groups is 1. The molecule has 0 spiro atoms. The number of nitrogens with one attached hydrogen (secondary N) is 1. The first-order valence-corrected chi connectivity index (χ1v) is 8.60. The minimum atomic E-state index is -0.0797. The highest BCUT2D eigenvalue weighted by atomic mass is 16.3. The summed E-state index contributed by atoms with van der Waals surface area (Å²) in [7, 11) is 0. The first-order chi connectivity index (χ1) is 10.8. The van der Waals surface area contributed by atoms with Crippen molar-refractivity contribution in [1.82, 2.24) is 4.90 Å². The van der Waals surface area contributed by atoms with Crippen LogP contribution in [0.3, 0.4) is 0 Å². The number of rotatable bonds is 7. The Morgan fingerprint density at radius 1 is 1.17 bits per heavy atom. The van der Waals surface area contributed by atoms with Gasteiger partial charge in [0.1, 0.15) is 0 Å². The molecule has 4 heteroatoms. The molecule has 0 radical (unpaired) electrons. The lowest BCUT2D eigenvalue weighted by Gasteiger charge is -2.30. The fourth-order valence-electron chi connectivity index (χ4n) is 2.68. The number of nitrogens with zero attached hydrogens (tertiary/aromatic N) is 1. The van der Waals surface area contributed by atoms with Crippen molar-refractivity contribution in [2.45, 2.75) is 53.9 Å². The number of aliphatic hydroxyl groups excluding tert-OH is 1. The molecular weight excluding hydrogens is 288 g/mol. The van der Waals surface area contributed by atoms with Crippen LogP contribution < -0.4 is 5.32 Å². The molecule has 130 valence electrons. The molecule has 0 bridgehead atoms. The molecule has 1 rings (SSSR count). The number of carbonyl (C=O) groups is 1. The van der Waals surface area contributed by atoms with Crippen LogP contribution in [-0.2, 0) is 12.8 Å². The number of carbonyl (C=O) groups excluding carboxylic acids is 1. The van der Waals surface area contributed by atoms with E-state index in [-0.39, 0.29) is 18.1 Å². The molecule has 1 aromatic rings. The number of amides is 2. The number of aryl methyl sites for hydroxylation is 2. The topological polar surface area (TPSA) is 52.6 Å². The Bertz CT molecular complexity index is 484. The number of hydrogen-bond acceptors (Lipinski definition) is 2. The lowest BCUT2D eigenvalue weighted by atomic mass is 9.96. The molecule has 0 aliphatic carbocycles. The predicted molar refractivity (Wildman–Crippen MR) is 96.9 cm³/mol. The Balaban J connectivity index is 2.97. The van der Waals surface area contributed by atoms with E-state index in [9.17, 15) is 4.79 Å². The quantitative estimate of drug-likeness (QED) is 0.795. The van der Waals surface area contributed by atoms with Crippen LogP contribution in [-0.4, -0.2) is 35.7 Å². The van der Waals surface area contributed by atoms with E-state index in [2.05, 4.69) is 52.1 Å². The van der Waals surface area contributed by atoms with Crippen LogP contribution in [0.15, 0.2) is 18.2 Å². The van der Waals surface area contributed by atoms with Gasteiger partial charge in [-0.25, -0.2) is 4.79 Å². The molecular formula is C19H32N2O2. The Morgan fingerprint density at radius 2 is 1.74 bits per heavy atom. The van der Waals surface area contributed by atoms with Gasteiger partial charge in [0.05, 0.1) is 0 Å². The minimum absolute atomic E-state index is 0.0185. The van der Waals surface area contributed by atoms with Gasteiger partial charge in [-0.3, -0.25) is 0 Å². The molecule has 0 atom stereocenters. The Morgan fingerprint density at radius 3 is 2.17 bits per heavy atom. The summed E-state index contributed by atoms with van der Waals surface area (Å²) in [5.41, 5.74) is 3.29. The molecule has 0 saturated carbocycles. The molecule has 0 aliphatic rings. The molecule has 1 aromatic carbocycles. The van der Waals surface area contributed by atoms with E-state index in [1.807, 2.05) is 11.0 Å². The van der Waals surface area contributed by atoms with Crippen molar-refractivity contribution in [3.63, 3.8) is 0 Å². The third-order valence-corrected chi connectivity index (χ3v) is 3.77. The number of hydrogen-bond donors (Lipinski definition) is 2. The zero-order chi connectivity index (χ0) is 17.5. The number of urea groups is 1. The van der Waals surface area contributed by atoms with E-state index in [1.54, 1.807) is 0 Å². The predicted octanol–water partition coefficient (Wildman–Crippen LogP) is 4.07. The van der Waals surface area contributed by atoms with Gasteiger partial charge in [-0.2, -0.15) is 0 Å². The maximum Gasteiger partial charge on any atom is 0.321 e. The number of benzene rings is 1. The summed E-state index contributed by atoms with van der Waals surface area (Å²) in [6, 6.07) is 6.10. The zero-order valence-corrected chi connectivity index (χ0v) is 15.3. The summed E-state index contributed by atoms with van der Waals surface area (Å²) in [6.07, 6.45) is 2.37. The van der Waals surface area contributed by atoms with Crippen LogP contribution in [0.25, 0.3) is 0 Å². The smallest absolute Gasteiger partial charge is 0.321 e. The van der Waals surface area contributed by atoms with E-state index >= 15 is 0 Å². The standard InChI is InChI=1S/C19H32N2O2/c1-6-15-10-8-11-16(7-2)17(15)20-18(23)21(12-9-13-22)14-19(3,4)5/h8,10-11,22H,6-7,9,12-14H2,1-5H3,(H,20,23). The maximum absolute atomic E-state index is 12.8. The molecule has 0 fully saturated rings. The third kappa shape index (κ3) is 6.22. The molecule has 0 aromatic heterocycles. The molecule has 0 heterocycles. The van der Waals surface area contributed by atoms with Gasteiger partial charge in [0.2, 0.25) is 0 Å². The Labute approximate surface area is 140 Å². The van der Waals surface area contributed by atoms with Crippen LogP contribution in [0.4, 0.5) is 10.5 Å². The van der Waals surface area contributed by atoms with Crippen LogP contribution in [0.2, 0.25) is 0 Å². The highest BCUT2D eigenvalue weighted by molar-refractivity contribution is 5.91. The fraction of sp³-hybridized carbons (Fsp3) is 0.632. The lowest BCUT2D eigenvalue weighted by molar-refractivity contribution is 0.176. The van der Waals surface area contributed by atoms with Crippen molar-refractivity contribution in [2.24, 2.45) is 5.41 Å². The molecule has 0 saturated heterocycles. The average Bonchev–Trinajstić information content (AvgIpc) is 2.50. The summed E-state index contributed by atoms with van der Waals surface area (Å²) in [5.74, 6) is 0. The highest BCUT2D eigenvalue weighted by Crippen LogP contribution is 2.24. The van der Waals surface area contributed by atoms with Gasteiger partial charge in [-0.05, 0) is 35.8 Å². The van der Waals surface area contributed by atoms with Gasteiger partial charge in [0.25, 0.3) is 0 Å². The van der Waals surface area contributed by atoms with Crippen LogP contribution >= 0.6 is 0 Å². The minimum Gasteiger partial charge on any atom is -0.396 e. The van der Waals surface area contributed by atoms with Crippen molar-refractivity contribution >= 4 is 11.7 Å². The monoisotopic (exact) mass is 320 g/mol. The van der Waals surface area contributed by atoms with Gasteiger partial charge < -0.3 is 15.3 Å². The number of anilines is 1. The molecule has 23 heavy (non-hydrogen) atoms. The third-order valence-electron chi connectivity index (χ3n) is 3.77. The summed E-state index contributed by atoms with van der Waals surface area (Å²) in [4.78, 5) is 14.6. The average molecular weight is 320 g/mol. The second kappa shape index (κ2) is 8.92. The normalized spacial score (nSPS) is 11.4. The lowest BCUT2D eigenvalue weighted by Crippen LogP contribution is -2.41. The molecule has 0 unspecified atom stereocenters. The summed E-state index contributed by atoms with van der Waals surface area (Å²) >= 11 is 0. The SMILES string of the molecule is CCc1cccc(CC)c1NC(=O)N(CCCO)CC(C)(C)C. The van der Waals surface area contributed by atoms with Gasteiger partial charge in [-0.1, -0.05) is 52.8 Å². The maximum atomic E-state index is 12.8. The van der Waals surface area contributed by atoms with E-state index in [1.165, 1.54) is 0 Å². The molecule has 2 N–H and O–H groups in total. The van der Waals surface area contributed by atoms with E-state index < -0.39 is 0 Å². The van der Waals surface area contributed by atoms with Crippen molar-refractivity contribution in [3.8, 4) is 0 Å². The molecule has 4 nitrogen and oxygen atoms in total. The molecule has 0 aliphatic heterocycles. The van der Waals surface area contributed by atoms with Crippen LogP contribution in [0.1, 0.15) is 52.2 Å². The van der Waals surface area contributed by atoms with Gasteiger partial charge >= 0.3 is 6.03 Å². The first kappa shape index (κ1) is 19.5. The summed E-state index contributed by atoms with van der Waals surface area (Å²) in [5, 5.41) is 12.2. The van der Waals surface area contributed by atoms with E-state index in [4.69, 9.17) is 5.11 Å². The summed E-state index contributed by atoms with van der Waals surface area (Å²) in [6.45, 7) is 11.9. The van der Waals surface area contributed by atoms with Gasteiger partial charge in [0, 0.05) is 25.4 Å². The van der Waals surface area contributed by atoms with Crippen molar-refractivity contribution in [3.05, 3.63) is 29.3 Å². The van der Waals surface area contributed by atoms with Crippen LogP contribution in [0, 0.1) is 5.41 Å². The zero-order valence-electron chi connectivity index (χ0n) is 15.3. The molecule has 2 amide bonds. The van der Waals surface area contributed by atoms with Gasteiger partial charge in [-0.15, -0.1) is 0 Å².